The zero-order valence-electron chi connectivity index (χ0n) is 29.4. The predicted molar refractivity (Wildman–Crippen MR) is 200 cm³/mol. The molecule has 0 amide bonds. The van der Waals surface area contributed by atoms with Crippen molar-refractivity contribution in [2.24, 2.45) is 5.41 Å². The van der Waals surface area contributed by atoms with Crippen LogP contribution >= 0.6 is 0 Å². The summed E-state index contributed by atoms with van der Waals surface area (Å²) >= 11 is 0. The van der Waals surface area contributed by atoms with E-state index < -0.39 is 27.1 Å². The summed E-state index contributed by atoms with van der Waals surface area (Å²) in [6, 6.07) is 33.2. The Morgan fingerprint density at radius 3 is 2.22 bits per heavy atom. The van der Waals surface area contributed by atoms with E-state index in [1.54, 1.807) is 0 Å². The third-order valence-electron chi connectivity index (χ3n) is 11.3. The number of hydrogen-bond donors (Lipinski definition) is 2. The van der Waals surface area contributed by atoms with Crippen molar-refractivity contribution in [2.45, 2.75) is 83.0 Å². The first-order valence-corrected chi connectivity index (χ1v) is 19.6. The van der Waals surface area contributed by atoms with Crippen LogP contribution in [-0.4, -0.2) is 53.2 Å². The van der Waals surface area contributed by atoms with Crippen molar-refractivity contribution in [3.63, 3.8) is 0 Å². The smallest absolute Gasteiger partial charge is 0.211 e. The molecule has 4 aromatic carbocycles. The molecule has 7 heteroatoms. The number of sulfonamides is 1. The zero-order valence-corrected chi connectivity index (χ0v) is 30.2. The van der Waals surface area contributed by atoms with Crippen LogP contribution in [0, 0.1) is 5.41 Å². The molecule has 7 rings (SSSR count). The van der Waals surface area contributed by atoms with Crippen molar-refractivity contribution in [2.75, 3.05) is 12.8 Å². The molecule has 0 saturated heterocycles. The third-order valence-corrected chi connectivity index (χ3v) is 12.5. The van der Waals surface area contributed by atoms with Gasteiger partial charge in [0.2, 0.25) is 10.0 Å². The van der Waals surface area contributed by atoms with E-state index in [4.69, 9.17) is 0 Å². The molecule has 3 aliphatic carbocycles. The fourth-order valence-electron chi connectivity index (χ4n) is 8.17. The number of carbonyl (C=O) groups is 1. The highest BCUT2D eigenvalue weighted by molar-refractivity contribution is 7.88. The summed E-state index contributed by atoms with van der Waals surface area (Å²) in [5.74, 6) is -0.304. The van der Waals surface area contributed by atoms with Gasteiger partial charge in [0.1, 0.15) is 0 Å². The molecule has 1 saturated carbocycles. The van der Waals surface area contributed by atoms with Crippen molar-refractivity contribution < 1.29 is 23.4 Å². The first-order chi connectivity index (χ1) is 23.9. The zero-order chi connectivity index (χ0) is 35.5. The number of carbonyl (C=O) groups excluding carboxylic acids is 1. The topological polar surface area (TPSA) is 94.9 Å². The van der Waals surface area contributed by atoms with Gasteiger partial charge in [0.25, 0.3) is 0 Å². The lowest BCUT2D eigenvalue weighted by molar-refractivity contribution is -0.0731. The molecule has 262 valence electrons. The summed E-state index contributed by atoms with van der Waals surface area (Å²) in [4.78, 5) is 14.5. The van der Waals surface area contributed by atoms with Gasteiger partial charge >= 0.3 is 0 Å². The minimum absolute atomic E-state index is 0.0368. The molecule has 0 spiro atoms. The number of nitrogens with zero attached hydrogens (tertiary/aromatic N) is 1. The Kier molecular flexibility index (Phi) is 10.6. The summed E-state index contributed by atoms with van der Waals surface area (Å²) in [5.41, 5.74) is 4.96. The van der Waals surface area contributed by atoms with Crippen molar-refractivity contribution in [3.05, 3.63) is 143 Å². The second-order valence-electron chi connectivity index (χ2n) is 14.7. The highest BCUT2D eigenvalue weighted by atomic mass is 32.2. The molecule has 0 heterocycles. The number of aliphatic hydroxyl groups excluding tert-OH is 1. The molecule has 0 radical (unpaired) electrons. The summed E-state index contributed by atoms with van der Waals surface area (Å²) < 4.78 is 27.9. The largest absolute Gasteiger partial charge is 0.393 e. The number of ketones is 1. The molecule has 2 N–H and O–H groups in total. The van der Waals surface area contributed by atoms with Crippen LogP contribution in [-0.2, 0) is 23.0 Å². The van der Waals surface area contributed by atoms with Crippen LogP contribution in [0.5, 0.6) is 0 Å². The Balaban J connectivity index is 1.42. The van der Waals surface area contributed by atoms with Crippen LogP contribution in [0.1, 0.15) is 90.9 Å². The van der Waals surface area contributed by atoms with E-state index in [1.165, 1.54) is 16.1 Å². The predicted octanol–water partition coefficient (Wildman–Crippen LogP) is 8.08. The minimum Gasteiger partial charge on any atom is -0.393 e. The third kappa shape index (κ3) is 7.71. The van der Waals surface area contributed by atoms with E-state index in [2.05, 4.69) is 19.9 Å². The van der Waals surface area contributed by atoms with Crippen LogP contribution in [0.2, 0.25) is 0 Å². The molecule has 2 bridgehead atoms. The van der Waals surface area contributed by atoms with Gasteiger partial charge in [-0.1, -0.05) is 116 Å². The normalized spacial score (nSPS) is 24.4. The number of aliphatic hydroxyl groups is 2. The SMILES string of the molecule is CC1=CCCC2(C)C(CCC2(O)CN(Cc2ccccc2)S(C)(=O)=O)c2ccc(cc2C(=O)c2ccc(-c3ccccc3)cc2)CC(O)CC1. The van der Waals surface area contributed by atoms with Gasteiger partial charge in [-0.15, -0.1) is 0 Å². The molecule has 0 aromatic heterocycles. The second-order valence-corrected chi connectivity index (χ2v) is 16.7. The van der Waals surface area contributed by atoms with E-state index in [-0.39, 0.29) is 24.8 Å². The van der Waals surface area contributed by atoms with Gasteiger partial charge in [0.05, 0.1) is 18.0 Å². The van der Waals surface area contributed by atoms with Crippen molar-refractivity contribution in [3.8, 4) is 11.1 Å². The Hall–Kier alpha value is -3.88. The summed E-state index contributed by atoms with van der Waals surface area (Å²) in [5, 5.41) is 23.7. The molecule has 0 aliphatic heterocycles. The van der Waals surface area contributed by atoms with Gasteiger partial charge < -0.3 is 10.2 Å². The highest BCUT2D eigenvalue weighted by Gasteiger charge is 2.57. The number of benzene rings is 4. The molecule has 50 heavy (non-hydrogen) atoms. The summed E-state index contributed by atoms with van der Waals surface area (Å²) in [7, 11) is -3.66. The van der Waals surface area contributed by atoms with Gasteiger partial charge in [-0.3, -0.25) is 4.79 Å². The molecule has 4 atom stereocenters. The van der Waals surface area contributed by atoms with Crippen LogP contribution < -0.4 is 0 Å². The lowest BCUT2D eigenvalue weighted by atomic mass is 9.64. The van der Waals surface area contributed by atoms with Gasteiger partial charge in [0, 0.05) is 29.6 Å². The summed E-state index contributed by atoms with van der Waals surface area (Å²) in [6.45, 7) is 4.30. The van der Waals surface area contributed by atoms with Gasteiger partial charge in [0.15, 0.2) is 5.78 Å². The lowest BCUT2D eigenvalue weighted by Crippen LogP contribution is -2.53. The highest BCUT2D eigenvalue weighted by Crippen LogP contribution is 2.59. The fraction of sp³-hybridized carbons (Fsp3) is 0.372. The Morgan fingerprint density at radius 2 is 1.54 bits per heavy atom. The average Bonchev–Trinajstić information content (AvgIpc) is 3.36. The first kappa shape index (κ1) is 35.9. The maximum Gasteiger partial charge on any atom is 0.211 e. The van der Waals surface area contributed by atoms with Crippen LogP contribution in [0.25, 0.3) is 11.1 Å². The molecular formula is C43H49NO5S. The average molecular weight is 692 g/mol. The number of fused-ring (bicyclic) bond motifs is 8. The van der Waals surface area contributed by atoms with Crippen molar-refractivity contribution >= 4 is 15.8 Å². The molecular weight excluding hydrogens is 643 g/mol. The second kappa shape index (κ2) is 14.8. The van der Waals surface area contributed by atoms with Crippen LogP contribution in [0.4, 0.5) is 0 Å². The Labute approximate surface area is 297 Å². The van der Waals surface area contributed by atoms with Crippen molar-refractivity contribution in [1.82, 2.24) is 4.31 Å². The molecule has 1 fully saturated rings. The van der Waals surface area contributed by atoms with Gasteiger partial charge in [-0.2, -0.15) is 4.31 Å². The molecule has 3 aliphatic rings. The molecule has 6 nitrogen and oxygen atoms in total. The fourth-order valence-corrected chi connectivity index (χ4v) is 9.00. The standard InChI is InChI=1S/C43H49NO5S/c1-31-11-10-25-42(2)40(24-26-43(42,47)30-44(50(3,48)49)29-32-12-6-4-7-13-32)38-23-17-33(27-37(45)22-16-31)28-39(38)41(46)36-20-18-35(19-21-36)34-14-8-5-9-15-34/h4-9,11-15,17-21,23,28,37,40,45,47H,10,16,22,24-27,29-30H2,1-3H3. The number of allylic oxidation sites excluding steroid dienone is 2. The van der Waals surface area contributed by atoms with E-state index in [1.807, 2.05) is 103 Å². The van der Waals surface area contributed by atoms with E-state index >= 15 is 0 Å². The quantitative estimate of drug-likeness (QED) is 0.144. The molecule has 4 aromatic rings. The minimum atomic E-state index is -3.66. The molecule has 4 unspecified atom stereocenters. The Bertz CT molecular complexity index is 1940. The monoisotopic (exact) mass is 691 g/mol. The van der Waals surface area contributed by atoms with Crippen LogP contribution in [0.3, 0.4) is 0 Å². The lowest BCUT2D eigenvalue weighted by Gasteiger charge is -2.45. The summed E-state index contributed by atoms with van der Waals surface area (Å²) in [6.07, 6.45) is 6.98. The van der Waals surface area contributed by atoms with E-state index in [0.717, 1.165) is 34.2 Å². The maximum absolute atomic E-state index is 14.5. The van der Waals surface area contributed by atoms with Crippen LogP contribution in [0.15, 0.2) is 115 Å². The maximum atomic E-state index is 14.5. The van der Waals surface area contributed by atoms with E-state index in [9.17, 15) is 23.4 Å². The Morgan fingerprint density at radius 1 is 0.880 bits per heavy atom. The number of hydrogen-bond acceptors (Lipinski definition) is 5. The van der Waals surface area contributed by atoms with E-state index in [0.29, 0.717) is 49.7 Å². The van der Waals surface area contributed by atoms with Gasteiger partial charge in [-0.25, -0.2) is 8.42 Å². The van der Waals surface area contributed by atoms with Crippen molar-refractivity contribution in [1.29, 1.82) is 0 Å². The van der Waals surface area contributed by atoms with Gasteiger partial charge in [-0.05, 0) is 91.7 Å². The first-order valence-electron chi connectivity index (χ1n) is 17.7. The number of rotatable bonds is 8.